The van der Waals surface area contributed by atoms with Crippen molar-refractivity contribution < 1.29 is 9.00 Å². The van der Waals surface area contributed by atoms with Crippen LogP contribution in [0.5, 0.6) is 0 Å². The third-order valence-electron chi connectivity index (χ3n) is 4.46. The number of carbonyl (C=O) groups excluding carboxylic acids is 1. The number of hydrogen-bond donors (Lipinski definition) is 3. The zero-order valence-corrected chi connectivity index (χ0v) is 17.8. The molecule has 2 atom stereocenters. The van der Waals surface area contributed by atoms with Crippen molar-refractivity contribution in [2.45, 2.75) is 46.3 Å². The van der Waals surface area contributed by atoms with Gasteiger partial charge in [0.25, 0.3) is 0 Å². The van der Waals surface area contributed by atoms with Crippen molar-refractivity contribution in [2.75, 3.05) is 16.8 Å². The summed E-state index contributed by atoms with van der Waals surface area (Å²) in [5.74, 6) is 1.55. The average molecular weight is 402 g/mol. The molecular formula is C22H31N3O2S. The first kappa shape index (κ1) is 22.1. The van der Waals surface area contributed by atoms with Gasteiger partial charge >= 0.3 is 6.03 Å². The lowest BCUT2D eigenvalue weighted by Gasteiger charge is -2.12. The van der Waals surface area contributed by atoms with E-state index in [0.29, 0.717) is 12.6 Å². The van der Waals surface area contributed by atoms with Gasteiger partial charge in [-0.15, -0.1) is 0 Å². The van der Waals surface area contributed by atoms with Crippen LogP contribution in [-0.4, -0.2) is 27.8 Å². The Morgan fingerprint density at radius 2 is 1.61 bits per heavy atom. The molecule has 2 aromatic rings. The van der Waals surface area contributed by atoms with E-state index in [0.717, 1.165) is 41.3 Å². The van der Waals surface area contributed by atoms with E-state index in [-0.39, 0.29) is 6.03 Å². The van der Waals surface area contributed by atoms with E-state index in [4.69, 9.17) is 0 Å². The van der Waals surface area contributed by atoms with Crippen LogP contribution in [0.15, 0.2) is 48.5 Å². The van der Waals surface area contributed by atoms with Gasteiger partial charge in [0, 0.05) is 47.1 Å². The molecule has 2 unspecified atom stereocenters. The molecule has 1 heterocycles. The highest BCUT2D eigenvalue weighted by Crippen LogP contribution is 2.12. The lowest BCUT2D eigenvalue weighted by Crippen LogP contribution is -2.29. The van der Waals surface area contributed by atoms with Crippen molar-refractivity contribution >= 4 is 22.5 Å². The van der Waals surface area contributed by atoms with Gasteiger partial charge in [0.2, 0.25) is 0 Å². The van der Waals surface area contributed by atoms with Gasteiger partial charge in [0.1, 0.15) is 0 Å². The second-order valence-electron chi connectivity index (χ2n) is 6.67. The minimum Gasteiger partial charge on any atom is -0.334 e. The largest absolute Gasteiger partial charge is 0.334 e. The molecular weight excluding hydrogens is 370 g/mol. The van der Waals surface area contributed by atoms with Gasteiger partial charge in [-0.2, -0.15) is 0 Å². The number of carbonyl (C=O) groups is 1. The molecule has 1 aliphatic heterocycles. The Bertz CT molecular complexity index is 760. The number of rotatable bonds is 6. The van der Waals surface area contributed by atoms with E-state index in [1.165, 1.54) is 5.56 Å². The summed E-state index contributed by atoms with van der Waals surface area (Å²) in [6.45, 7) is 7.29. The summed E-state index contributed by atoms with van der Waals surface area (Å²) in [5.41, 5.74) is 4.18. The van der Waals surface area contributed by atoms with Gasteiger partial charge in [-0.1, -0.05) is 55.8 Å². The molecule has 2 amide bonds. The fourth-order valence-corrected chi connectivity index (χ4v) is 4.30. The second kappa shape index (κ2) is 11.6. The quantitative estimate of drug-likeness (QED) is 0.686. The highest BCUT2D eigenvalue weighted by molar-refractivity contribution is 7.85. The summed E-state index contributed by atoms with van der Waals surface area (Å²) in [7, 11) is -0.655. The van der Waals surface area contributed by atoms with Gasteiger partial charge < -0.3 is 16.0 Å². The molecule has 0 radical (unpaired) electrons. The predicted octanol–water partition coefficient (Wildman–Crippen LogP) is 3.95. The Kier molecular flexibility index (Phi) is 9.17. The van der Waals surface area contributed by atoms with Gasteiger partial charge in [-0.3, -0.25) is 4.21 Å². The van der Waals surface area contributed by atoms with Gasteiger partial charge in [-0.05, 0) is 36.6 Å². The molecule has 2 aromatic carbocycles. The van der Waals surface area contributed by atoms with Crippen LogP contribution in [0.1, 0.15) is 37.0 Å². The normalized spacial score (nSPS) is 18.1. The monoisotopic (exact) mass is 401 g/mol. The maximum atomic E-state index is 12.0. The lowest BCUT2D eigenvalue weighted by atomic mass is 10.1. The molecule has 1 saturated heterocycles. The van der Waals surface area contributed by atoms with E-state index >= 15 is 0 Å². The number of hydrogen-bond acceptors (Lipinski definition) is 3. The number of amides is 2. The molecule has 0 aliphatic carbocycles. The van der Waals surface area contributed by atoms with E-state index in [9.17, 15) is 9.00 Å². The Morgan fingerprint density at radius 1 is 1.00 bits per heavy atom. The molecule has 0 saturated carbocycles. The third-order valence-corrected chi connectivity index (χ3v) is 5.93. The second-order valence-corrected chi connectivity index (χ2v) is 8.29. The van der Waals surface area contributed by atoms with E-state index in [1.54, 1.807) is 0 Å². The number of aryl methyl sites for hydroxylation is 1. The molecule has 152 valence electrons. The zero-order valence-electron chi connectivity index (χ0n) is 17.0. The SMILES string of the molecule is CC.Cc1ccc(CNC(=O)Nc2ccc(CNC3CCS(=O)C3)cc2)cc1. The number of anilines is 1. The van der Waals surface area contributed by atoms with E-state index in [1.807, 2.05) is 69.3 Å². The van der Waals surface area contributed by atoms with Crippen molar-refractivity contribution in [2.24, 2.45) is 0 Å². The third kappa shape index (κ3) is 7.44. The molecule has 0 spiro atoms. The van der Waals surface area contributed by atoms with Crippen molar-refractivity contribution in [1.29, 1.82) is 0 Å². The predicted molar refractivity (Wildman–Crippen MR) is 118 cm³/mol. The Labute approximate surface area is 170 Å². The number of nitrogens with one attached hydrogen (secondary N) is 3. The Hall–Kier alpha value is -2.18. The van der Waals surface area contributed by atoms with Crippen LogP contribution in [0.25, 0.3) is 0 Å². The molecule has 6 heteroatoms. The fourth-order valence-electron chi connectivity index (χ4n) is 2.86. The maximum absolute atomic E-state index is 12.0. The van der Waals surface area contributed by atoms with Crippen molar-refractivity contribution in [1.82, 2.24) is 10.6 Å². The zero-order chi connectivity index (χ0) is 20.4. The van der Waals surface area contributed by atoms with Crippen LogP contribution in [0, 0.1) is 6.92 Å². The van der Waals surface area contributed by atoms with Crippen LogP contribution >= 0.6 is 0 Å². The highest BCUT2D eigenvalue weighted by Gasteiger charge is 2.19. The molecule has 3 N–H and O–H groups in total. The van der Waals surface area contributed by atoms with Crippen LogP contribution in [-0.2, 0) is 23.9 Å². The smallest absolute Gasteiger partial charge is 0.319 e. The summed E-state index contributed by atoms with van der Waals surface area (Å²) in [5, 5.41) is 9.14. The van der Waals surface area contributed by atoms with Crippen LogP contribution in [0.2, 0.25) is 0 Å². The van der Waals surface area contributed by atoms with E-state index < -0.39 is 10.8 Å². The van der Waals surface area contributed by atoms with Crippen LogP contribution in [0.3, 0.4) is 0 Å². The number of benzene rings is 2. The molecule has 0 bridgehead atoms. The minimum absolute atomic E-state index is 0.218. The van der Waals surface area contributed by atoms with Crippen molar-refractivity contribution in [3.05, 3.63) is 65.2 Å². The molecule has 0 aromatic heterocycles. The Balaban J connectivity index is 0.00000136. The van der Waals surface area contributed by atoms with E-state index in [2.05, 4.69) is 16.0 Å². The Morgan fingerprint density at radius 3 is 2.21 bits per heavy atom. The molecule has 5 nitrogen and oxygen atoms in total. The summed E-state index contributed by atoms with van der Waals surface area (Å²) < 4.78 is 11.4. The molecule has 3 rings (SSSR count). The van der Waals surface area contributed by atoms with Gasteiger partial charge in [0.05, 0.1) is 0 Å². The van der Waals surface area contributed by atoms with Crippen LogP contribution in [0.4, 0.5) is 10.5 Å². The highest BCUT2D eigenvalue weighted by atomic mass is 32.2. The summed E-state index contributed by atoms with van der Waals surface area (Å²) in [4.78, 5) is 12.0. The fraction of sp³-hybridized carbons (Fsp3) is 0.409. The molecule has 1 aliphatic rings. The first-order chi connectivity index (χ1) is 13.6. The van der Waals surface area contributed by atoms with Gasteiger partial charge in [0.15, 0.2) is 0 Å². The maximum Gasteiger partial charge on any atom is 0.319 e. The first-order valence-electron chi connectivity index (χ1n) is 9.86. The number of urea groups is 1. The minimum atomic E-state index is -0.655. The molecule has 1 fully saturated rings. The van der Waals surface area contributed by atoms with Crippen molar-refractivity contribution in [3.63, 3.8) is 0 Å². The standard InChI is InChI=1S/C20H25N3O2S.C2H6/c1-15-2-4-16(5-3-15)13-22-20(24)23-18-8-6-17(7-9-18)12-21-19-10-11-26(25)14-19;1-2/h2-9,19,21H,10-14H2,1H3,(H2,22,23,24);1-2H3. The molecule has 28 heavy (non-hydrogen) atoms. The topological polar surface area (TPSA) is 70.2 Å². The summed E-state index contributed by atoms with van der Waals surface area (Å²) in [6, 6.07) is 16.0. The lowest BCUT2D eigenvalue weighted by molar-refractivity contribution is 0.251. The first-order valence-corrected chi connectivity index (χ1v) is 11.3. The van der Waals surface area contributed by atoms with Crippen molar-refractivity contribution in [3.8, 4) is 0 Å². The average Bonchev–Trinajstić information content (AvgIpc) is 3.14. The summed E-state index contributed by atoms with van der Waals surface area (Å²) >= 11 is 0. The van der Waals surface area contributed by atoms with Crippen LogP contribution < -0.4 is 16.0 Å². The van der Waals surface area contributed by atoms with Gasteiger partial charge in [-0.25, -0.2) is 4.79 Å². The summed E-state index contributed by atoms with van der Waals surface area (Å²) in [6.07, 6.45) is 0.980.